The van der Waals surface area contributed by atoms with E-state index in [9.17, 15) is 9.59 Å². The van der Waals surface area contributed by atoms with Crippen LogP contribution >= 0.6 is 11.6 Å². The maximum absolute atomic E-state index is 12.0. The van der Waals surface area contributed by atoms with E-state index in [0.29, 0.717) is 10.7 Å². The normalized spacial score (nSPS) is 11.0. The van der Waals surface area contributed by atoms with Gasteiger partial charge in [-0.25, -0.2) is 0 Å². The molecule has 1 aromatic carbocycles. The number of aryl methyl sites for hydroxylation is 1. The van der Waals surface area contributed by atoms with Crippen molar-refractivity contribution in [2.75, 3.05) is 25.5 Å². The summed E-state index contributed by atoms with van der Waals surface area (Å²) in [6.07, 6.45) is 0. The lowest BCUT2D eigenvalue weighted by Crippen LogP contribution is -2.47. The molecule has 0 atom stereocenters. The number of likely N-dealkylation sites (N-methyl/N-ethyl adjacent to an activating group) is 1. The number of hydrogen-bond donors (Lipinski definition) is 2. The van der Waals surface area contributed by atoms with Crippen LogP contribution in [0.25, 0.3) is 0 Å². The molecule has 2 amide bonds. The lowest BCUT2D eigenvalue weighted by Gasteiger charge is -2.23. The Hall–Kier alpha value is -1.75. The Balaban J connectivity index is 2.49. The first-order valence-corrected chi connectivity index (χ1v) is 7.51. The molecule has 122 valence electrons. The summed E-state index contributed by atoms with van der Waals surface area (Å²) in [7, 11) is 1.60. The molecule has 0 heterocycles. The fourth-order valence-electron chi connectivity index (χ4n) is 1.83. The maximum atomic E-state index is 12.0. The van der Waals surface area contributed by atoms with Crippen molar-refractivity contribution in [2.45, 2.75) is 33.2 Å². The number of rotatable bonds is 5. The molecule has 0 saturated heterocycles. The summed E-state index contributed by atoms with van der Waals surface area (Å²) < 4.78 is 0. The van der Waals surface area contributed by atoms with Crippen LogP contribution in [0, 0.1) is 6.92 Å². The monoisotopic (exact) mass is 325 g/mol. The van der Waals surface area contributed by atoms with Gasteiger partial charge in [0.25, 0.3) is 0 Å². The van der Waals surface area contributed by atoms with Crippen molar-refractivity contribution in [1.82, 2.24) is 10.2 Å². The Kier molecular flexibility index (Phi) is 6.23. The zero-order chi connectivity index (χ0) is 16.9. The quantitative estimate of drug-likeness (QED) is 0.874. The first-order valence-electron chi connectivity index (χ1n) is 7.13. The summed E-state index contributed by atoms with van der Waals surface area (Å²) in [5, 5.41) is 6.38. The van der Waals surface area contributed by atoms with Crippen LogP contribution in [0.15, 0.2) is 18.2 Å². The van der Waals surface area contributed by atoms with E-state index >= 15 is 0 Å². The van der Waals surface area contributed by atoms with Gasteiger partial charge in [0.05, 0.1) is 23.8 Å². The number of nitrogens with one attached hydrogen (secondary N) is 2. The van der Waals surface area contributed by atoms with Gasteiger partial charge in [0.2, 0.25) is 11.8 Å². The number of hydrogen-bond acceptors (Lipinski definition) is 3. The van der Waals surface area contributed by atoms with Crippen LogP contribution in [0.4, 0.5) is 5.69 Å². The summed E-state index contributed by atoms with van der Waals surface area (Å²) in [5.74, 6) is -0.364. The van der Waals surface area contributed by atoms with Crippen molar-refractivity contribution in [3.63, 3.8) is 0 Å². The van der Waals surface area contributed by atoms with Gasteiger partial charge in [-0.1, -0.05) is 17.7 Å². The van der Waals surface area contributed by atoms with Crippen molar-refractivity contribution >= 4 is 29.1 Å². The van der Waals surface area contributed by atoms with E-state index in [1.807, 2.05) is 45.9 Å². The number of amides is 2. The Morgan fingerprint density at radius 3 is 2.45 bits per heavy atom. The highest BCUT2D eigenvalue weighted by Crippen LogP contribution is 2.22. The van der Waals surface area contributed by atoms with Crippen molar-refractivity contribution in [3.05, 3.63) is 28.8 Å². The highest BCUT2D eigenvalue weighted by atomic mass is 35.5. The van der Waals surface area contributed by atoms with Gasteiger partial charge in [-0.05, 0) is 45.4 Å². The van der Waals surface area contributed by atoms with E-state index in [-0.39, 0.29) is 30.4 Å². The number of nitrogens with zero attached hydrogens (tertiary/aromatic N) is 1. The molecule has 1 rings (SSSR count). The molecule has 0 unspecified atom stereocenters. The maximum Gasteiger partial charge on any atom is 0.242 e. The number of benzene rings is 1. The molecule has 0 fully saturated rings. The van der Waals surface area contributed by atoms with Gasteiger partial charge in [-0.15, -0.1) is 0 Å². The molecule has 0 spiro atoms. The Bertz CT molecular complexity index is 553. The largest absolute Gasteiger partial charge is 0.375 e. The average Bonchev–Trinajstić information content (AvgIpc) is 2.34. The Morgan fingerprint density at radius 1 is 1.27 bits per heavy atom. The topological polar surface area (TPSA) is 61.4 Å². The van der Waals surface area contributed by atoms with E-state index in [1.165, 1.54) is 4.90 Å². The zero-order valence-corrected chi connectivity index (χ0v) is 14.5. The Labute approximate surface area is 137 Å². The number of carbonyl (C=O) groups excluding carboxylic acids is 2. The molecule has 0 aromatic heterocycles. The van der Waals surface area contributed by atoms with Crippen molar-refractivity contribution in [2.24, 2.45) is 0 Å². The molecule has 2 N–H and O–H groups in total. The van der Waals surface area contributed by atoms with Crippen LogP contribution in [0.5, 0.6) is 0 Å². The van der Waals surface area contributed by atoms with Gasteiger partial charge in [0.15, 0.2) is 0 Å². The molecule has 0 aliphatic carbocycles. The van der Waals surface area contributed by atoms with Gasteiger partial charge in [0.1, 0.15) is 0 Å². The molecule has 0 aliphatic rings. The second kappa shape index (κ2) is 7.49. The molecule has 5 nitrogen and oxygen atoms in total. The third-order valence-electron chi connectivity index (χ3n) is 2.88. The third kappa shape index (κ3) is 6.35. The first kappa shape index (κ1) is 18.3. The van der Waals surface area contributed by atoms with Gasteiger partial charge in [-0.2, -0.15) is 0 Å². The predicted molar refractivity (Wildman–Crippen MR) is 90.2 cm³/mol. The minimum absolute atomic E-state index is 0.0272. The highest BCUT2D eigenvalue weighted by molar-refractivity contribution is 6.33. The Morgan fingerprint density at radius 2 is 1.91 bits per heavy atom. The summed E-state index contributed by atoms with van der Waals surface area (Å²) in [6.45, 7) is 7.75. The highest BCUT2D eigenvalue weighted by Gasteiger charge is 2.17. The number of carbonyl (C=O) groups is 2. The SMILES string of the molecule is Cc1ccc(NCC(=O)N(C)CC(=O)NC(C)(C)C)c(Cl)c1. The molecular formula is C16H24ClN3O2. The van der Waals surface area contributed by atoms with E-state index in [2.05, 4.69) is 10.6 Å². The van der Waals surface area contributed by atoms with Crippen molar-refractivity contribution in [1.29, 1.82) is 0 Å². The van der Waals surface area contributed by atoms with E-state index < -0.39 is 0 Å². The standard InChI is InChI=1S/C16H24ClN3O2/c1-11-6-7-13(12(17)8-11)18-9-15(22)20(5)10-14(21)19-16(2,3)4/h6-8,18H,9-10H2,1-5H3,(H,19,21). The lowest BCUT2D eigenvalue weighted by molar-refractivity contribution is -0.133. The van der Waals surface area contributed by atoms with Crippen LogP contribution in [0.2, 0.25) is 5.02 Å². The van der Waals surface area contributed by atoms with E-state index in [1.54, 1.807) is 7.05 Å². The number of halogens is 1. The lowest BCUT2D eigenvalue weighted by atomic mass is 10.1. The first-order chi connectivity index (χ1) is 10.1. The van der Waals surface area contributed by atoms with Crippen molar-refractivity contribution < 1.29 is 9.59 Å². The van der Waals surface area contributed by atoms with Gasteiger partial charge in [-0.3, -0.25) is 9.59 Å². The molecular weight excluding hydrogens is 302 g/mol. The van der Waals surface area contributed by atoms with E-state index in [4.69, 9.17) is 11.6 Å². The van der Waals surface area contributed by atoms with E-state index in [0.717, 1.165) is 5.56 Å². The molecule has 6 heteroatoms. The van der Waals surface area contributed by atoms with Crippen molar-refractivity contribution in [3.8, 4) is 0 Å². The van der Waals surface area contributed by atoms with Crippen LogP contribution in [-0.4, -0.2) is 42.4 Å². The second-order valence-corrected chi connectivity index (χ2v) is 6.79. The summed E-state index contributed by atoms with van der Waals surface area (Å²) in [5.41, 5.74) is 1.44. The van der Waals surface area contributed by atoms with Crippen LogP contribution in [-0.2, 0) is 9.59 Å². The van der Waals surface area contributed by atoms with Crippen LogP contribution < -0.4 is 10.6 Å². The summed E-state index contributed by atoms with van der Waals surface area (Å²) in [4.78, 5) is 25.2. The van der Waals surface area contributed by atoms with Gasteiger partial charge in [0, 0.05) is 12.6 Å². The molecule has 0 bridgehead atoms. The fourth-order valence-corrected chi connectivity index (χ4v) is 2.13. The fraction of sp³-hybridized carbons (Fsp3) is 0.500. The van der Waals surface area contributed by atoms with Gasteiger partial charge < -0.3 is 15.5 Å². The summed E-state index contributed by atoms with van der Waals surface area (Å²) >= 11 is 6.10. The predicted octanol–water partition coefficient (Wildman–Crippen LogP) is 2.43. The van der Waals surface area contributed by atoms with Crippen LogP contribution in [0.3, 0.4) is 0 Å². The smallest absolute Gasteiger partial charge is 0.242 e. The zero-order valence-electron chi connectivity index (χ0n) is 13.8. The second-order valence-electron chi connectivity index (χ2n) is 6.38. The third-order valence-corrected chi connectivity index (χ3v) is 3.19. The van der Waals surface area contributed by atoms with Crippen LogP contribution in [0.1, 0.15) is 26.3 Å². The molecule has 0 saturated carbocycles. The molecule has 0 radical (unpaired) electrons. The molecule has 22 heavy (non-hydrogen) atoms. The number of anilines is 1. The molecule has 1 aromatic rings. The summed E-state index contributed by atoms with van der Waals surface area (Å²) in [6, 6.07) is 5.57. The van der Waals surface area contributed by atoms with Gasteiger partial charge >= 0.3 is 0 Å². The minimum Gasteiger partial charge on any atom is -0.375 e. The molecule has 0 aliphatic heterocycles. The average molecular weight is 326 g/mol. The minimum atomic E-state index is -0.311.